The number of nitrogens with one attached hydrogen (secondary N) is 1. The van der Waals surface area contributed by atoms with Gasteiger partial charge < -0.3 is 10.1 Å². The van der Waals surface area contributed by atoms with Gasteiger partial charge in [-0.05, 0) is 48.4 Å². The van der Waals surface area contributed by atoms with Gasteiger partial charge in [-0.15, -0.1) is 0 Å². The predicted molar refractivity (Wildman–Crippen MR) is 122 cm³/mol. The van der Waals surface area contributed by atoms with Gasteiger partial charge in [0.05, 0.1) is 24.8 Å². The first-order chi connectivity index (χ1) is 16.2. The van der Waals surface area contributed by atoms with Gasteiger partial charge in [0.1, 0.15) is 11.4 Å². The first kappa shape index (κ1) is 23.1. The van der Waals surface area contributed by atoms with Crippen LogP contribution >= 0.6 is 0 Å². The summed E-state index contributed by atoms with van der Waals surface area (Å²) in [6, 6.07) is 18.4. The Hall–Kier alpha value is -4.07. The fraction of sp³-hybridized carbons (Fsp3) is 0.154. The number of alkyl halides is 3. The van der Waals surface area contributed by atoms with Crippen molar-refractivity contribution >= 4 is 23.1 Å². The van der Waals surface area contributed by atoms with Gasteiger partial charge in [-0.3, -0.25) is 14.5 Å². The molecule has 1 N–H and O–H groups in total. The molecule has 34 heavy (non-hydrogen) atoms. The summed E-state index contributed by atoms with van der Waals surface area (Å²) >= 11 is 0. The van der Waals surface area contributed by atoms with Gasteiger partial charge in [0.15, 0.2) is 0 Å². The number of imide groups is 1. The Morgan fingerprint density at radius 2 is 1.59 bits per heavy atom. The molecule has 0 unspecified atom stereocenters. The molecule has 0 fully saturated rings. The smallest absolute Gasteiger partial charge is 0.416 e. The van der Waals surface area contributed by atoms with Crippen LogP contribution in [0.1, 0.15) is 22.3 Å². The van der Waals surface area contributed by atoms with E-state index >= 15 is 0 Å². The van der Waals surface area contributed by atoms with Crippen molar-refractivity contribution in [3.63, 3.8) is 0 Å². The molecule has 1 aliphatic rings. The fourth-order valence-electron chi connectivity index (χ4n) is 3.65. The highest BCUT2D eigenvalue weighted by atomic mass is 19.4. The Kier molecular flexibility index (Phi) is 6.15. The second-order valence-electron chi connectivity index (χ2n) is 7.86. The van der Waals surface area contributed by atoms with Crippen LogP contribution in [0.25, 0.3) is 5.57 Å². The van der Waals surface area contributed by atoms with Crippen LogP contribution in [0.15, 0.2) is 78.5 Å². The molecule has 0 saturated heterocycles. The number of rotatable bonds is 6. The highest BCUT2D eigenvalue weighted by Crippen LogP contribution is 2.34. The number of hydrogen-bond acceptors (Lipinski definition) is 4. The Morgan fingerprint density at radius 1 is 0.912 bits per heavy atom. The molecule has 3 aromatic carbocycles. The van der Waals surface area contributed by atoms with Crippen LogP contribution < -0.4 is 10.1 Å². The summed E-state index contributed by atoms with van der Waals surface area (Å²) < 4.78 is 44.7. The summed E-state index contributed by atoms with van der Waals surface area (Å²) in [6.07, 6.45) is -4.54. The first-order valence-electron chi connectivity index (χ1n) is 10.4. The summed E-state index contributed by atoms with van der Waals surface area (Å²) in [5.74, 6) is -0.513. The maximum Gasteiger partial charge on any atom is 0.416 e. The third kappa shape index (κ3) is 4.66. The lowest BCUT2D eigenvalue weighted by Crippen LogP contribution is -2.32. The van der Waals surface area contributed by atoms with Gasteiger partial charge >= 0.3 is 6.18 Å². The summed E-state index contributed by atoms with van der Waals surface area (Å²) in [7, 11) is 1.53. The van der Waals surface area contributed by atoms with E-state index in [0.717, 1.165) is 22.6 Å². The zero-order valence-corrected chi connectivity index (χ0v) is 18.4. The number of carbonyl (C=O) groups is 2. The molecule has 0 spiro atoms. The minimum atomic E-state index is -4.54. The van der Waals surface area contributed by atoms with Crippen LogP contribution in [0.4, 0.5) is 18.9 Å². The first-order valence-corrected chi connectivity index (χ1v) is 10.4. The molecule has 0 saturated carbocycles. The molecule has 0 aliphatic carbocycles. The van der Waals surface area contributed by atoms with Crippen molar-refractivity contribution in [2.45, 2.75) is 19.6 Å². The van der Waals surface area contributed by atoms with Crippen molar-refractivity contribution in [3.05, 3.63) is 101 Å². The summed E-state index contributed by atoms with van der Waals surface area (Å²) in [5, 5.41) is 2.78. The molecular weight excluding hydrogens is 445 g/mol. The molecule has 3 aromatic rings. The van der Waals surface area contributed by atoms with Gasteiger partial charge in [0.25, 0.3) is 11.8 Å². The largest absolute Gasteiger partial charge is 0.497 e. The minimum absolute atomic E-state index is 0.00476. The Bertz CT molecular complexity index is 1260. The molecular formula is C26H21F3N2O3. The lowest BCUT2D eigenvalue weighted by atomic mass is 10.0. The number of amides is 2. The molecule has 2 amide bonds. The highest BCUT2D eigenvalue weighted by molar-refractivity contribution is 6.36. The number of benzene rings is 3. The van der Waals surface area contributed by atoms with E-state index < -0.39 is 23.6 Å². The molecule has 174 valence electrons. The topological polar surface area (TPSA) is 58.6 Å². The molecule has 1 heterocycles. The van der Waals surface area contributed by atoms with Crippen LogP contribution in [-0.2, 0) is 22.3 Å². The van der Waals surface area contributed by atoms with E-state index in [4.69, 9.17) is 4.74 Å². The Balaban J connectivity index is 1.72. The Labute approximate surface area is 194 Å². The predicted octanol–water partition coefficient (Wildman–Crippen LogP) is 5.41. The summed E-state index contributed by atoms with van der Waals surface area (Å²) in [6.45, 7) is 1.89. The third-order valence-corrected chi connectivity index (χ3v) is 5.47. The van der Waals surface area contributed by atoms with Gasteiger partial charge in [-0.25, -0.2) is 0 Å². The highest BCUT2D eigenvalue weighted by Gasteiger charge is 2.39. The number of hydrogen-bond donors (Lipinski definition) is 1. The number of carbonyl (C=O) groups excluding carboxylic acids is 2. The standard InChI is InChI=1S/C26H21F3N2O3/c1-16-6-10-18(11-7-16)22-23(30-20-5-3-4-19(14-20)26(27,28)29)25(33)31(24(22)32)15-17-8-12-21(34-2)13-9-17/h3-14,30H,15H2,1-2H3. The van der Waals surface area contributed by atoms with E-state index in [2.05, 4.69) is 5.32 Å². The van der Waals surface area contributed by atoms with E-state index in [1.165, 1.54) is 19.2 Å². The Morgan fingerprint density at radius 3 is 2.21 bits per heavy atom. The average Bonchev–Trinajstić information content (AvgIpc) is 3.04. The van der Waals surface area contributed by atoms with Crippen LogP contribution in [0.5, 0.6) is 5.75 Å². The lowest BCUT2D eigenvalue weighted by Gasteiger charge is -2.16. The van der Waals surface area contributed by atoms with Gasteiger partial charge in [0, 0.05) is 5.69 Å². The van der Waals surface area contributed by atoms with Crippen molar-refractivity contribution in [1.82, 2.24) is 4.90 Å². The quantitative estimate of drug-likeness (QED) is 0.494. The van der Waals surface area contributed by atoms with Crippen LogP contribution in [0.3, 0.4) is 0 Å². The van der Waals surface area contributed by atoms with Crippen molar-refractivity contribution in [3.8, 4) is 5.75 Å². The minimum Gasteiger partial charge on any atom is -0.497 e. The maximum atomic E-state index is 13.4. The number of ether oxygens (including phenoxy) is 1. The zero-order chi connectivity index (χ0) is 24.5. The van der Waals surface area contributed by atoms with Gasteiger partial charge in [-0.2, -0.15) is 13.2 Å². The van der Waals surface area contributed by atoms with Crippen LogP contribution in [0.2, 0.25) is 0 Å². The molecule has 1 aliphatic heterocycles. The number of aryl methyl sites for hydroxylation is 1. The van der Waals surface area contributed by atoms with Gasteiger partial charge in [0.2, 0.25) is 0 Å². The summed E-state index contributed by atoms with van der Waals surface area (Å²) in [4.78, 5) is 27.8. The van der Waals surface area contributed by atoms with Crippen molar-refractivity contribution < 1.29 is 27.5 Å². The molecule has 0 radical (unpaired) electrons. The molecule has 4 rings (SSSR count). The molecule has 0 aromatic heterocycles. The maximum absolute atomic E-state index is 13.4. The number of anilines is 1. The lowest BCUT2D eigenvalue weighted by molar-refractivity contribution is -0.138. The van der Waals surface area contributed by atoms with Crippen LogP contribution in [-0.4, -0.2) is 23.8 Å². The van der Waals surface area contributed by atoms with E-state index in [1.807, 2.05) is 6.92 Å². The number of nitrogens with zero attached hydrogens (tertiary/aromatic N) is 1. The third-order valence-electron chi connectivity index (χ3n) is 5.47. The summed E-state index contributed by atoms with van der Waals surface area (Å²) in [5.41, 5.74) is 1.40. The molecule has 0 bridgehead atoms. The van der Waals surface area contributed by atoms with Crippen molar-refractivity contribution in [2.75, 3.05) is 12.4 Å². The monoisotopic (exact) mass is 466 g/mol. The van der Waals surface area contributed by atoms with Crippen molar-refractivity contribution in [2.24, 2.45) is 0 Å². The zero-order valence-electron chi connectivity index (χ0n) is 18.4. The molecule has 5 nitrogen and oxygen atoms in total. The van der Waals surface area contributed by atoms with E-state index in [1.54, 1.807) is 48.5 Å². The number of halogens is 3. The van der Waals surface area contributed by atoms with E-state index in [0.29, 0.717) is 16.9 Å². The van der Waals surface area contributed by atoms with Crippen LogP contribution in [0, 0.1) is 6.92 Å². The fourth-order valence-corrected chi connectivity index (χ4v) is 3.65. The number of methoxy groups -OCH3 is 1. The van der Waals surface area contributed by atoms with Gasteiger partial charge in [-0.1, -0.05) is 48.0 Å². The SMILES string of the molecule is COc1ccc(CN2C(=O)C(Nc3cccc(C(F)(F)F)c3)=C(c3ccc(C)cc3)C2=O)cc1. The average molecular weight is 466 g/mol. The normalized spacial score (nSPS) is 14.1. The van der Waals surface area contributed by atoms with E-state index in [9.17, 15) is 22.8 Å². The second kappa shape index (κ2) is 9.05. The van der Waals surface area contributed by atoms with E-state index in [-0.39, 0.29) is 23.5 Å². The molecule has 0 atom stereocenters. The van der Waals surface area contributed by atoms with Crippen molar-refractivity contribution in [1.29, 1.82) is 0 Å². The second-order valence-corrected chi connectivity index (χ2v) is 7.86. The molecule has 8 heteroatoms.